The number of carboxylic acids is 1. The first-order valence-electron chi connectivity index (χ1n) is 5.21. The van der Waals surface area contributed by atoms with Gasteiger partial charge in [0.2, 0.25) is 5.56 Å². The van der Waals surface area contributed by atoms with Gasteiger partial charge < -0.3 is 10.1 Å². The number of amides is 1. The second kappa shape index (κ2) is 5.44. The highest BCUT2D eigenvalue weighted by Gasteiger charge is 2.11. The van der Waals surface area contributed by atoms with Crippen molar-refractivity contribution in [3.8, 4) is 0 Å². The van der Waals surface area contributed by atoms with Crippen LogP contribution in [0.2, 0.25) is 0 Å². The highest BCUT2D eigenvalue weighted by Crippen LogP contribution is 2.16. The topological polar surface area (TPSA) is 112 Å². The second-order valence-electron chi connectivity index (χ2n) is 3.60. The van der Waals surface area contributed by atoms with Crippen molar-refractivity contribution in [3.05, 3.63) is 45.3 Å². The number of carboxylic acid groups (broad SMARTS) is 1. The Morgan fingerprint density at radius 2 is 2.21 bits per heavy atom. The minimum atomic E-state index is -0.990. The lowest BCUT2D eigenvalue weighted by molar-refractivity contribution is -0.136. The third-order valence-electron chi connectivity index (χ3n) is 2.12. The van der Waals surface area contributed by atoms with E-state index in [1.165, 1.54) is 18.2 Å². The van der Waals surface area contributed by atoms with Gasteiger partial charge in [-0.1, -0.05) is 6.07 Å². The van der Waals surface area contributed by atoms with Crippen LogP contribution in [0.25, 0.3) is 0 Å². The number of thiazole rings is 1. The minimum Gasteiger partial charge on any atom is -0.481 e. The molecule has 0 fully saturated rings. The zero-order chi connectivity index (χ0) is 13.8. The van der Waals surface area contributed by atoms with Gasteiger partial charge in [-0.15, -0.1) is 11.3 Å². The molecule has 0 radical (unpaired) electrons. The summed E-state index contributed by atoms with van der Waals surface area (Å²) in [7, 11) is 0. The largest absolute Gasteiger partial charge is 0.481 e. The fourth-order valence-corrected chi connectivity index (χ4v) is 2.05. The Hall–Kier alpha value is -2.48. The highest BCUT2D eigenvalue weighted by atomic mass is 32.1. The highest BCUT2D eigenvalue weighted by molar-refractivity contribution is 7.14. The van der Waals surface area contributed by atoms with Gasteiger partial charge in [0.25, 0.3) is 5.91 Å². The van der Waals surface area contributed by atoms with Crippen molar-refractivity contribution in [1.29, 1.82) is 0 Å². The molecular weight excluding hydrogens is 270 g/mol. The van der Waals surface area contributed by atoms with Gasteiger partial charge in [-0.25, -0.2) is 4.98 Å². The molecular formula is C11H9N3O4S. The van der Waals surface area contributed by atoms with Crippen molar-refractivity contribution < 1.29 is 14.7 Å². The van der Waals surface area contributed by atoms with Crippen molar-refractivity contribution in [3.63, 3.8) is 0 Å². The lowest BCUT2D eigenvalue weighted by Gasteiger charge is -2.00. The summed E-state index contributed by atoms with van der Waals surface area (Å²) in [6.07, 6.45) is -0.200. The summed E-state index contributed by atoms with van der Waals surface area (Å²) in [5.41, 5.74) is 0.107. The maximum atomic E-state index is 11.8. The van der Waals surface area contributed by atoms with Gasteiger partial charge >= 0.3 is 5.97 Å². The smallest absolute Gasteiger partial charge is 0.309 e. The number of H-pyrrole nitrogens is 1. The average molecular weight is 279 g/mol. The van der Waals surface area contributed by atoms with E-state index in [0.717, 1.165) is 11.3 Å². The van der Waals surface area contributed by atoms with E-state index in [4.69, 9.17) is 5.11 Å². The molecule has 0 bridgehead atoms. The molecule has 2 heterocycles. The standard InChI is InChI=1S/C11H9N3O4S/c15-8-3-1-2-7(13-8)10(18)14-11-12-6(5-19-11)4-9(16)17/h1-3,5H,4H2,(H,13,15)(H,16,17)(H,12,14,18). The molecule has 0 unspecified atom stereocenters. The summed E-state index contributed by atoms with van der Waals surface area (Å²) in [6, 6.07) is 4.22. The van der Waals surface area contributed by atoms with Crippen LogP contribution in [0, 0.1) is 0 Å². The van der Waals surface area contributed by atoms with Crippen LogP contribution in [-0.4, -0.2) is 27.0 Å². The number of carbonyl (C=O) groups is 2. The van der Waals surface area contributed by atoms with Gasteiger partial charge in [-0.05, 0) is 6.07 Å². The first kappa shape index (κ1) is 13.0. The Bertz CT molecular complexity index is 676. The number of carbonyl (C=O) groups excluding carboxylic acids is 1. The fraction of sp³-hybridized carbons (Fsp3) is 0.0909. The van der Waals surface area contributed by atoms with Crippen molar-refractivity contribution in [2.45, 2.75) is 6.42 Å². The van der Waals surface area contributed by atoms with Gasteiger partial charge in [0, 0.05) is 11.4 Å². The number of hydrogen-bond donors (Lipinski definition) is 3. The van der Waals surface area contributed by atoms with Crippen molar-refractivity contribution in [2.24, 2.45) is 0 Å². The molecule has 1 amide bonds. The Morgan fingerprint density at radius 3 is 2.89 bits per heavy atom. The summed E-state index contributed by atoms with van der Waals surface area (Å²) >= 11 is 1.12. The number of aromatic amines is 1. The van der Waals surface area contributed by atoms with Crippen molar-refractivity contribution in [2.75, 3.05) is 5.32 Å². The third kappa shape index (κ3) is 3.49. The van der Waals surface area contributed by atoms with Crippen LogP contribution in [0.1, 0.15) is 16.2 Å². The molecule has 7 nitrogen and oxygen atoms in total. The molecule has 0 aromatic carbocycles. The lowest BCUT2D eigenvalue weighted by Crippen LogP contribution is -2.17. The number of rotatable bonds is 4. The summed E-state index contributed by atoms with van der Waals surface area (Å²) < 4.78 is 0. The summed E-state index contributed by atoms with van der Waals surface area (Å²) in [4.78, 5) is 39.7. The van der Waals surface area contributed by atoms with E-state index in [1.54, 1.807) is 5.38 Å². The molecule has 98 valence electrons. The summed E-state index contributed by atoms with van der Waals surface area (Å²) in [5, 5.41) is 12.9. The van der Waals surface area contributed by atoms with Gasteiger partial charge in [0.1, 0.15) is 5.69 Å². The van der Waals surface area contributed by atoms with E-state index in [0.29, 0.717) is 5.69 Å². The van der Waals surface area contributed by atoms with Crippen LogP contribution < -0.4 is 10.9 Å². The molecule has 8 heteroatoms. The molecule has 0 saturated heterocycles. The van der Waals surface area contributed by atoms with Crippen LogP contribution >= 0.6 is 11.3 Å². The predicted octanol–water partition coefficient (Wildman–Crippen LogP) is 0.711. The van der Waals surface area contributed by atoms with E-state index in [-0.39, 0.29) is 22.8 Å². The van der Waals surface area contributed by atoms with E-state index in [1.807, 2.05) is 0 Å². The number of aliphatic carboxylic acids is 1. The number of nitrogens with one attached hydrogen (secondary N) is 2. The lowest BCUT2D eigenvalue weighted by atomic mass is 10.3. The molecule has 19 heavy (non-hydrogen) atoms. The number of hydrogen-bond acceptors (Lipinski definition) is 5. The van der Waals surface area contributed by atoms with Crippen LogP contribution in [0.4, 0.5) is 5.13 Å². The van der Waals surface area contributed by atoms with Crippen molar-refractivity contribution in [1.82, 2.24) is 9.97 Å². The van der Waals surface area contributed by atoms with E-state index >= 15 is 0 Å². The van der Waals surface area contributed by atoms with Gasteiger partial charge in [-0.3, -0.25) is 19.7 Å². The Morgan fingerprint density at radius 1 is 1.42 bits per heavy atom. The van der Waals surface area contributed by atoms with Crippen LogP contribution in [0.15, 0.2) is 28.4 Å². The van der Waals surface area contributed by atoms with Gasteiger partial charge in [0.15, 0.2) is 5.13 Å². The first-order valence-corrected chi connectivity index (χ1v) is 6.09. The normalized spacial score (nSPS) is 10.1. The SMILES string of the molecule is O=C(O)Cc1csc(NC(=O)c2cccc(=O)[nH]2)n1. The Balaban J connectivity index is 2.09. The van der Waals surface area contributed by atoms with Crippen molar-refractivity contribution >= 4 is 28.3 Å². The zero-order valence-electron chi connectivity index (χ0n) is 9.54. The average Bonchev–Trinajstić information content (AvgIpc) is 2.75. The van der Waals surface area contributed by atoms with Gasteiger partial charge in [-0.2, -0.15) is 0 Å². The number of nitrogens with zero attached hydrogens (tertiary/aromatic N) is 1. The Labute approximate surface area is 110 Å². The number of aromatic nitrogens is 2. The number of pyridine rings is 1. The zero-order valence-corrected chi connectivity index (χ0v) is 10.4. The fourth-order valence-electron chi connectivity index (χ4n) is 1.35. The molecule has 0 aliphatic carbocycles. The molecule has 0 saturated carbocycles. The predicted molar refractivity (Wildman–Crippen MR) is 68.5 cm³/mol. The maximum Gasteiger partial charge on any atom is 0.309 e. The van der Waals surface area contributed by atoms with Gasteiger partial charge in [0.05, 0.1) is 12.1 Å². The second-order valence-corrected chi connectivity index (χ2v) is 4.46. The van der Waals surface area contributed by atoms with E-state index in [9.17, 15) is 14.4 Å². The Kier molecular flexibility index (Phi) is 3.71. The first-order chi connectivity index (χ1) is 9.04. The molecule has 0 aliphatic rings. The molecule has 0 atom stereocenters. The summed E-state index contributed by atoms with van der Waals surface area (Å²) in [6.45, 7) is 0. The maximum absolute atomic E-state index is 11.8. The van der Waals surface area contributed by atoms with Crippen LogP contribution in [-0.2, 0) is 11.2 Å². The third-order valence-corrected chi connectivity index (χ3v) is 2.92. The molecule has 0 spiro atoms. The number of anilines is 1. The summed E-state index contributed by atoms with van der Waals surface area (Å²) in [5.74, 6) is -1.50. The molecule has 2 rings (SSSR count). The van der Waals surface area contributed by atoms with Crippen LogP contribution in [0.3, 0.4) is 0 Å². The molecule has 0 aliphatic heterocycles. The molecule has 2 aromatic heterocycles. The van der Waals surface area contributed by atoms with Crippen LogP contribution in [0.5, 0.6) is 0 Å². The quantitative estimate of drug-likeness (QED) is 0.763. The minimum absolute atomic E-state index is 0.113. The molecule has 2 aromatic rings. The monoisotopic (exact) mass is 279 g/mol. The van der Waals surface area contributed by atoms with E-state index < -0.39 is 11.9 Å². The van der Waals surface area contributed by atoms with E-state index in [2.05, 4.69) is 15.3 Å². The molecule has 3 N–H and O–H groups in total.